The molecule has 0 aliphatic carbocycles. The second-order valence-electron chi connectivity index (χ2n) is 2.86. The van der Waals surface area contributed by atoms with Crippen LogP contribution < -0.4 is 0 Å². The van der Waals surface area contributed by atoms with Gasteiger partial charge in [-0.05, 0) is 19.4 Å². The smallest absolute Gasteiger partial charge is 0.331 e. The Labute approximate surface area is 65.7 Å². The summed E-state index contributed by atoms with van der Waals surface area (Å²) in [7, 11) is 0. The number of hydrogen-bond acceptors (Lipinski definition) is 3. The Hall–Kier alpha value is -0.830. The molecule has 0 aromatic rings. The van der Waals surface area contributed by atoms with Gasteiger partial charge in [0, 0.05) is 6.08 Å². The number of carbonyl (C=O) groups excluding carboxylic acids is 1. The van der Waals surface area contributed by atoms with Gasteiger partial charge in [0.15, 0.2) is 5.60 Å². The molecule has 0 aromatic heterocycles. The largest absolute Gasteiger partial charge is 0.449 e. The highest BCUT2D eigenvalue weighted by Gasteiger charge is 2.36. The lowest BCUT2D eigenvalue weighted by atomic mass is 9.98. The van der Waals surface area contributed by atoms with Crippen molar-refractivity contribution in [1.82, 2.24) is 0 Å². The first kappa shape index (κ1) is 8.27. The van der Waals surface area contributed by atoms with Crippen molar-refractivity contribution in [3.05, 3.63) is 12.2 Å². The first-order valence-electron chi connectivity index (χ1n) is 3.69. The highest BCUT2D eigenvalue weighted by Crippen LogP contribution is 2.24. The Kier molecular flexibility index (Phi) is 2.00. The molecule has 2 atom stereocenters. The summed E-state index contributed by atoms with van der Waals surface area (Å²) in [5.41, 5.74) is -0.800. The minimum atomic E-state index is -0.800. The van der Waals surface area contributed by atoms with Gasteiger partial charge in [0.2, 0.25) is 0 Å². The van der Waals surface area contributed by atoms with Gasteiger partial charge >= 0.3 is 5.97 Å². The lowest BCUT2D eigenvalue weighted by molar-refractivity contribution is -0.152. The van der Waals surface area contributed by atoms with Gasteiger partial charge in [-0.15, -0.1) is 0 Å². The van der Waals surface area contributed by atoms with Crippen LogP contribution in [0.2, 0.25) is 0 Å². The van der Waals surface area contributed by atoms with E-state index in [1.807, 2.05) is 6.92 Å². The van der Waals surface area contributed by atoms with Crippen LogP contribution >= 0.6 is 0 Å². The fraction of sp³-hybridized carbons (Fsp3) is 0.625. The van der Waals surface area contributed by atoms with Gasteiger partial charge in [0.05, 0.1) is 6.10 Å². The van der Waals surface area contributed by atoms with E-state index < -0.39 is 11.7 Å². The molecule has 0 aromatic carbocycles. The van der Waals surface area contributed by atoms with E-state index in [0.717, 1.165) is 0 Å². The van der Waals surface area contributed by atoms with Crippen LogP contribution in [0.15, 0.2) is 12.2 Å². The average Bonchev–Trinajstić information content (AvgIpc) is 2.31. The molecule has 3 nitrogen and oxygen atoms in total. The van der Waals surface area contributed by atoms with E-state index in [2.05, 4.69) is 0 Å². The van der Waals surface area contributed by atoms with Gasteiger partial charge in [-0.3, -0.25) is 0 Å². The van der Waals surface area contributed by atoms with E-state index >= 15 is 0 Å². The third-order valence-corrected chi connectivity index (χ3v) is 1.92. The second kappa shape index (κ2) is 2.66. The van der Waals surface area contributed by atoms with Crippen LogP contribution in [0.4, 0.5) is 0 Å². The number of ether oxygens (including phenoxy) is 1. The topological polar surface area (TPSA) is 46.5 Å². The van der Waals surface area contributed by atoms with E-state index in [9.17, 15) is 9.90 Å². The molecule has 1 heterocycles. The maximum absolute atomic E-state index is 10.7. The van der Waals surface area contributed by atoms with E-state index in [1.165, 1.54) is 6.08 Å². The van der Waals surface area contributed by atoms with Gasteiger partial charge in [0.1, 0.15) is 0 Å². The summed E-state index contributed by atoms with van der Waals surface area (Å²) >= 11 is 0. The summed E-state index contributed by atoms with van der Waals surface area (Å²) in [4.78, 5) is 10.7. The van der Waals surface area contributed by atoms with Crippen LogP contribution in [-0.4, -0.2) is 22.8 Å². The summed E-state index contributed by atoms with van der Waals surface area (Å²) in [6.07, 6.45) is 2.92. The van der Waals surface area contributed by atoms with Crippen molar-refractivity contribution < 1.29 is 14.6 Å². The Morgan fingerprint density at radius 2 is 2.45 bits per heavy atom. The maximum atomic E-state index is 10.7. The molecule has 0 radical (unpaired) electrons. The molecule has 2 unspecified atom stereocenters. The summed E-state index contributed by atoms with van der Waals surface area (Å²) in [5.74, 6) is -0.375. The zero-order valence-electron chi connectivity index (χ0n) is 6.70. The minimum absolute atomic E-state index is 0.375. The summed E-state index contributed by atoms with van der Waals surface area (Å²) in [6.45, 7) is 3.54. The lowest BCUT2D eigenvalue weighted by Gasteiger charge is -2.26. The molecule has 0 fully saturated rings. The van der Waals surface area contributed by atoms with Crippen molar-refractivity contribution in [1.29, 1.82) is 0 Å². The summed E-state index contributed by atoms with van der Waals surface area (Å²) in [6, 6.07) is 0. The van der Waals surface area contributed by atoms with Gasteiger partial charge in [-0.25, -0.2) is 4.79 Å². The van der Waals surface area contributed by atoms with E-state index in [-0.39, 0.29) is 5.97 Å². The lowest BCUT2D eigenvalue weighted by Crippen LogP contribution is -2.38. The van der Waals surface area contributed by atoms with Gasteiger partial charge < -0.3 is 9.84 Å². The first-order chi connectivity index (χ1) is 5.08. The van der Waals surface area contributed by atoms with Gasteiger partial charge in [-0.2, -0.15) is 0 Å². The molecule has 1 aliphatic rings. The second-order valence-corrected chi connectivity index (χ2v) is 2.86. The molecule has 0 amide bonds. The molecule has 1 aliphatic heterocycles. The third-order valence-electron chi connectivity index (χ3n) is 1.92. The minimum Gasteiger partial charge on any atom is -0.449 e. The van der Waals surface area contributed by atoms with Crippen LogP contribution in [-0.2, 0) is 9.53 Å². The van der Waals surface area contributed by atoms with E-state index in [0.29, 0.717) is 6.42 Å². The van der Waals surface area contributed by atoms with E-state index in [1.54, 1.807) is 13.0 Å². The SMILES string of the molecule is CCC(O)C1(C)C=CC(=O)O1. The van der Waals surface area contributed by atoms with Crippen molar-refractivity contribution in [3.8, 4) is 0 Å². The van der Waals surface area contributed by atoms with E-state index in [4.69, 9.17) is 4.74 Å². The van der Waals surface area contributed by atoms with Crippen LogP contribution in [0.5, 0.6) is 0 Å². The number of hydrogen-bond donors (Lipinski definition) is 1. The van der Waals surface area contributed by atoms with Crippen LogP contribution in [0, 0.1) is 0 Å². The van der Waals surface area contributed by atoms with Crippen LogP contribution in [0.3, 0.4) is 0 Å². The highest BCUT2D eigenvalue weighted by molar-refractivity contribution is 5.85. The van der Waals surface area contributed by atoms with Crippen molar-refractivity contribution in [2.24, 2.45) is 0 Å². The molecule has 1 N–H and O–H groups in total. The highest BCUT2D eigenvalue weighted by atomic mass is 16.6. The third kappa shape index (κ3) is 1.43. The molecule has 0 saturated heterocycles. The molecule has 1 rings (SSSR count). The normalized spacial score (nSPS) is 32.1. The van der Waals surface area contributed by atoms with Crippen molar-refractivity contribution in [3.63, 3.8) is 0 Å². The fourth-order valence-electron chi connectivity index (χ4n) is 1.10. The summed E-state index contributed by atoms with van der Waals surface area (Å²) in [5, 5.41) is 9.41. The first-order valence-corrected chi connectivity index (χ1v) is 3.69. The zero-order valence-corrected chi connectivity index (χ0v) is 6.70. The molecule has 0 saturated carbocycles. The van der Waals surface area contributed by atoms with Crippen LogP contribution in [0.1, 0.15) is 20.3 Å². The monoisotopic (exact) mass is 156 g/mol. The number of esters is 1. The summed E-state index contributed by atoms with van der Waals surface area (Å²) < 4.78 is 4.90. The quantitative estimate of drug-likeness (QED) is 0.596. The van der Waals surface area contributed by atoms with Gasteiger partial charge in [-0.1, -0.05) is 6.92 Å². The molecular formula is C8H12O3. The standard InChI is InChI=1S/C8H12O3/c1-3-6(9)8(2)5-4-7(10)11-8/h4-6,9H,3H2,1-2H3. The number of aliphatic hydroxyl groups is 1. The number of carbonyl (C=O) groups is 1. The number of rotatable bonds is 2. The number of aliphatic hydroxyl groups excluding tert-OH is 1. The number of cyclic esters (lactones) is 1. The Morgan fingerprint density at radius 1 is 1.82 bits per heavy atom. The molecule has 3 heteroatoms. The predicted molar refractivity (Wildman–Crippen MR) is 39.9 cm³/mol. The Balaban J connectivity index is 2.70. The Morgan fingerprint density at radius 3 is 2.82 bits per heavy atom. The molecule has 11 heavy (non-hydrogen) atoms. The predicted octanol–water partition coefficient (Wildman–Crippen LogP) is 0.629. The maximum Gasteiger partial charge on any atom is 0.331 e. The van der Waals surface area contributed by atoms with Crippen LogP contribution in [0.25, 0.3) is 0 Å². The molecule has 0 spiro atoms. The molecule has 62 valence electrons. The van der Waals surface area contributed by atoms with Crippen molar-refractivity contribution in [2.75, 3.05) is 0 Å². The van der Waals surface area contributed by atoms with Gasteiger partial charge in [0.25, 0.3) is 0 Å². The zero-order chi connectivity index (χ0) is 8.48. The average molecular weight is 156 g/mol. The fourth-order valence-corrected chi connectivity index (χ4v) is 1.10. The Bertz CT molecular complexity index is 198. The van der Waals surface area contributed by atoms with Crippen molar-refractivity contribution in [2.45, 2.75) is 32.0 Å². The molecule has 0 bridgehead atoms. The molecular weight excluding hydrogens is 144 g/mol. The van der Waals surface area contributed by atoms with Crippen molar-refractivity contribution >= 4 is 5.97 Å².